The molecule has 1 heterocycles. The Morgan fingerprint density at radius 1 is 1.22 bits per heavy atom. The summed E-state index contributed by atoms with van der Waals surface area (Å²) in [5.41, 5.74) is 0.0843. The molecular formula is C17H27N3O3. The van der Waals surface area contributed by atoms with Gasteiger partial charge < -0.3 is 15.4 Å². The van der Waals surface area contributed by atoms with E-state index < -0.39 is 17.2 Å². The van der Waals surface area contributed by atoms with Crippen LogP contribution in [-0.4, -0.2) is 28.1 Å². The molecule has 0 aliphatic heterocycles. The molecule has 1 aromatic heterocycles. The Labute approximate surface area is 138 Å². The summed E-state index contributed by atoms with van der Waals surface area (Å²) >= 11 is 0. The number of nitrogens with zero attached hydrogens (tertiary/aromatic N) is 1. The Hall–Kier alpha value is -2.11. The zero-order chi connectivity index (χ0) is 17.8. The maximum absolute atomic E-state index is 12.5. The number of carbonyl (C=O) groups excluding carboxylic acids is 2. The molecule has 0 aliphatic carbocycles. The van der Waals surface area contributed by atoms with Gasteiger partial charge in [-0.1, -0.05) is 6.07 Å². The Bertz CT molecular complexity index is 577. The van der Waals surface area contributed by atoms with Gasteiger partial charge in [-0.15, -0.1) is 0 Å². The van der Waals surface area contributed by atoms with E-state index in [1.165, 1.54) is 0 Å². The third-order valence-corrected chi connectivity index (χ3v) is 3.19. The molecule has 6 nitrogen and oxygen atoms in total. The van der Waals surface area contributed by atoms with Crippen LogP contribution < -0.4 is 10.6 Å². The van der Waals surface area contributed by atoms with Gasteiger partial charge in [-0.2, -0.15) is 0 Å². The highest BCUT2D eigenvalue weighted by molar-refractivity contribution is 5.89. The Morgan fingerprint density at radius 2 is 1.83 bits per heavy atom. The molecular weight excluding hydrogens is 294 g/mol. The molecule has 0 bridgehead atoms. The molecule has 0 radical (unpaired) electrons. The first-order valence-corrected chi connectivity index (χ1v) is 7.66. The Balaban J connectivity index is 2.72. The smallest absolute Gasteiger partial charge is 0.408 e. The highest BCUT2D eigenvalue weighted by Crippen LogP contribution is 2.16. The fourth-order valence-electron chi connectivity index (χ4n) is 2.01. The third kappa shape index (κ3) is 5.88. The minimum absolute atomic E-state index is 0.261. The molecule has 0 aliphatic rings. The molecule has 0 unspecified atom stereocenters. The SMILES string of the molecule is Cc1cccnc1[C@@H](C)NC(=O)C(C)(C)NC(=O)OC(C)(C)C. The van der Waals surface area contributed by atoms with Crippen molar-refractivity contribution in [2.24, 2.45) is 0 Å². The first-order chi connectivity index (χ1) is 10.4. The largest absolute Gasteiger partial charge is 0.444 e. The second-order valence-electron chi connectivity index (χ2n) is 7.15. The molecule has 128 valence electrons. The molecule has 23 heavy (non-hydrogen) atoms. The van der Waals surface area contributed by atoms with Gasteiger partial charge in [0, 0.05) is 6.20 Å². The van der Waals surface area contributed by atoms with Crippen LogP contribution in [0.4, 0.5) is 4.79 Å². The molecule has 2 amide bonds. The molecule has 0 aromatic carbocycles. The molecule has 0 saturated carbocycles. The highest BCUT2D eigenvalue weighted by Gasteiger charge is 2.32. The second kappa shape index (κ2) is 6.98. The summed E-state index contributed by atoms with van der Waals surface area (Å²) < 4.78 is 5.19. The average molecular weight is 321 g/mol. The van der Waals surface area contributed by atoms with Crippen LogP contribution in [0.3, 0.4) is 0 Å². The van der Waals surface area contributed by atoms with Crippen LogP contribution in [0.5, 0.6) is 0 Å². The summed E-state index contributed by atoms with van der Waals surface area (Å²) in [7, 11) is 0. The van der Waals surface area contributed by atoms with Crippen molar-refractivity contribution in [3.63, 3.8) is 0 Å². The van der Waals surface area contributed by atoms with Crippen molar-refractivity contribution in [2.75, 3.05) is 0 Å². The number of aryl methyl sites for hydroxylation is 1. The summed E-state index contributed by atoms with van der Waals surface area (Å²) in [6.45, 7) is 12.4. The Morgan fingerprint density at radius 3 is 2.35 bits per heavy atom. The van der Waals surface area contributed by atoms with Crippen LogP contribution in [0.25, 0.3) is 0 Å². The summed E-state index contributed by atoms with van der Waals surface area (Å²) in [6.07, 6.45) is 1.06. The van der Waals surface area contributed by atoms with Gasteiger partial charge in [0.05, 0.1) is 11.7 Å². The topological polar surface area (TPSA) is 80.3 Å². The van der Waals surface area contributed by atoms with Crippen molar-refractivity contribution in [2.45, 2.75) is 65.6 Å². The van der Waals surface area contributed by atoms with E-state index in [9.17, 15) is 9.59 Å². The summed E-state index contributed by atoms with van der Waals surface area (Å²) in [4.78, 5) is 28.6. The number of alkyl carbamates (subject to hydrolysis) is 1. The molecule has 0 saturated heterocycles. The van der Waals surface area contributed by atoms with E-state index >= 15 is 0 Å². The van der Waals surface area contributed by atoms with Gasteiger partial charge in [0.15, 0.2) is 0 Å². The lowest BCUT2D eigenvalue weighted by Crippen LogP contribution is -2.56. The maximum Gasteiger partial charge on any atom is 0.408 e. The summed E-state index contributed by atoms with van der Waals surface area (Å²) in [6, 6.07) is 3.53. The quantitative estimate of drug-likeness (QED) is 0.893. The molecule has 0 spiro atoms. The van der Waals surface area contributed by atoms with Gasteiger partial charge in [-0.3, -0.25) is 9.78 Å². The lowest BCUT2D eigenvalue weighted by molar-refractivity contribution is -0.127. The molecule has 1 atom stereocenters. The van der Waals surface area contributed by atoms with Crippen molar-refractivity contribution in [3.05, 3.63) is 29.6 Å². The molecule has 1 rings (SSSR count). The van der Waals surface area contributed by atoms with E-state index in [4.69, 9.17) is 4.74 Å². The van der Waals surface area contributed by atoms with Gasteiger partial charge in [0.2, 0.25) is 5.91 Å². The van der Waals surface area contributed by atoms with Crippen LogP contribution in [0, 0.1) is 6.92 Å². The van der Waals surface area contributed by atoms with Crippen LogP contribution in [0.15, 0.2) is 18.3 Å². The van der Waals surface area contributed by atoms with Gasteiger partial charge in [-0.25, -0.2) is 4.79 Å². The van der Waals surface area contributed by atoms with E-state index in [2.05, 4.69) is 15.6 Å². The lowest BCUT2D eigenvalue weighted by Gasteiger charge is -2.29. The van der Waals surface area contributed by atoms with E-state index in [0.717, 1.165) is 11.3 Å². The lowest BCUT2D eigenvalue weighted by atomic mass is 10.0. The maximum atomic E-state index is 12.5. The van der Waals surface area contributed by atoms with Crippen LogP contribution in [-0.2, 0) is 9.53 Å². The minimum Gasteiger partial charge on any atom is -0.444 e. The van der Waals surface area contributed by atoms with Gasteiger partial charge in [0.25, 0.3) is 0 Å². The van der Waals surface area contributed by atoms with Crippen LogP contribution >= 0.6 is 0 Å². The predicted molar refractivity (Wildman–Crippen MR) is 89.0 cm³/mol. The number of hydrogen-bond donors (Lipinski definition) is 2. The number of pyridine rings is 1. The zero-order valence-electron chi connectivity index (χ0n) is 15.0. The average Bonchev–Trinajstić information content (AvgIpc) is 2.35. The van der Waals surface area contributed by atoms with Crippen LogP contribution in [0.2, 0.25) is 0 Å². The first-order valence-electron chi connectivity index (χ1n) is 7.66. The van der Waals surface area contributed by atoms with Crippen molar-refractivity contribution >= 4 is 12.0 Å². The minimum atomic E-state index is -1.10. The van der Waals surface area contributed by atoms with E-state index in [0.29, 0.717) is 0 Å². The third-order valence-electron chi connectivity index (χ3n) is 3.19. The fourth-order valence-corrected chi connectivity index (χ4v) is 2.01. The molecule has 1 aromatic rings. The summed E-state index contributed by atoms with van der Waals surface area (Å²) in [5.74, 6) is -0.305. The summed E-state index contributed by atoms with van der Waals surface area (Å²) in [5, 5.41) is 5.46. The van der Waals surface area contributed by atoms with Gasteiger partial charge in [0.1, 0.15) is 11.1 Å². The van der Waals surface area contributed by atoms with E-state index in [1.807, 2.05) is 26.0 Å². The van der Waals surface area contributed by atoms with Gasteiger partial charge in [-0.05, 0) is 60.1 Å². The number of aromatic nitrogens is 1. The standard InChI is InChI=1S/C17H27N3O3/c1-11-9-8-10-18-13(11)12(2)19-14(21)17(6,7)20-15(22)23-16(3,4)5/h8-10,12H,1-7H3,(H,19,21)(H,20,22)/t12-/m1/s1. The first kappa shape index (κ1) is 18.9. The number of hydrogen-bond acceptors (Lipinski definition) is 4. The van der Waals surface area contributed by atoms with Crippen molar-refractivity contribution in [1.82, 2.24) is 15.6 Å². The van der Waals surface area contributed by atoms with E-state index in [-0.39, 0.29) is 11.9 Å². The molecule has 0 fully saturated rings. The Kier molecular flexibility index (Phi) is 5.75. The van der Waals surface area contributed by atoms with Gasteiger partial charge >= 0.3 is 6.09 Å². The van der Waals surface area contributed by atoms with Crippen LogP contribution in [0.1, 0.15) is 58.8 Å². The zero-order valence-corrected chi connectivity index (χ0v) is 15.0. The van der Waals surface area contributed by atoms with Crippen molar-refractivity contribution in [3.8, 4) is 0 Å². The molecule has 6 heteroatoms. The van der Waals surface area contributed by atoms with Crippen molar-refractivity contribution < 1.29 is 14.3 Å². The highest BCUT2D eigenvalue weighted by atomic mass is 16.6. The fraction of sp³-hybridized carbons (Fsp3) is 0.588. The monoisotopic (exact) mass is 321 g/mol. The number of amides is 2. The predicted octanol–water partition coefficient (Wildman–Crippen LogP) is 2.87. The van der Waals surface area contributed by atoms with E-state index in [1.54, 1.807) is 40.8 Å². The second-order valence-corrected chi connectivity index (χ2v) is 7.15. The van der Waals surface area contributed by atoms with Crippen molar-refractivity contribution in [1.29, 1.82) is 0 Å². The number of carbonyl (C=O) groups is 2. The normalized spacial score (nSPS) is 13.2. The number of nitrogens with one attached hydrogen (secondary N) is 2. The number of rotatable bonds is 4. The number of ether oxygens (including phenoxy) is 1. The molecule has 2 N–H and O–H groups in total.